The molecule has 4 aromatic rings. The van der Waals surface area contributed by atoms with Gasteiger partial charge in [-0.15, -0.1) is 0 Å². The van der Waals surface area contributed by atoms with E-state index in [-0.39, 0.29) is 17.6 Å². The number of ketones is 1. The van der Waals surface area contributed by atoms with E-state index in [0.29, 0.717) is 22.6 Å². The summed E-state index contributed by atoms with van der Waals surface area (Å²) in [6.45, 7) is 11.2. The lowest BCUT2D eigenvalue weighted by atomic mass is 9.95. The Labute approximate surface area is 251 Å². The molecule has 0 atom stereocenters. The average molecular weight is 574 g/mol. The Morgan fingerprint density at radius 2 is 0.953 bits per heavy atom. The van der Waals surface area contributed by atoms with E-state index >= 15 is 0 Å². The van der Waals surface area contributed by atoms with E-state index in [1.165, 1.54) is 0 Å². The molecule has 2 aliphatic carbocycles. The van der Waals surface area contributed by atoms with Crippen molar-refractivity contribution in [3.05, 3.63) is 107 Å². The predicted octanol–water partition coefficient (Wildman–Crippen LogP) is 7.76. The molecule has 0 radical (unpaired) electrons. The van der Waals surface area contributed by atoms with Gasteiger partial charge in [-0.2, -0.15) is 0 Å². The fourth-order valence-electron chi connectivity index (χ4n) is 4.97. The minimum Gasteiger partial charge on any atom is -0.410 e. The highest BCUT2D eigenvalue weighted by molar-refractivity contribution is 6.25. The normalized spacial score (nSPS) is 13.7. The van der Waals surface area contributed by atoms with Gasteiger partial charge in [0.25, 0.3) is 0 Å². The molecule has 0 bridgehead atoms. The predicted molar refractivity (Wildman–Crippen MR) is 171 cm³/mol. The van der Waals surface area contributed by atoms with Gasteiger partial charge in [-0.3, -0.25) is 14.4 Å². The molecule has 0 aromatic heterocycles. The van der Waals surface area contributed by atoms with Crippen molar-refractivity contribution in [1.29, 1.82) is 0 Å². The van der Waals surface area contributed by atoms with E-state index in [1.807, 2.05) is 120 Å². The SMILES string of the molecule is CC(C)(C)C(=O)Nc1ccc2c(c1)/C(=N\O)c1ccccc1-2.CC(C)(C)C(=O)Nc1ccc2c(c1)C(=O)c1ccccc1-2. The first-order chi connectivity index (χ1) is 20.3. The van der Waals surface area contributed by atoms with E-state index in [1.54, 1.807) is 6.07 Å². The lowest BCUT2D eigenvalue weighted by Gasteiger charge is -2.18. The van der Waals surface area contributed by atoms with Gasteiger partial charge < -0.3 is 15.8 Å². The zero-order valence-electron chi connectivity index (χ0n) is 25.2. The Kier molecular flexibility index (Phi) is 7.52. The molecule has 0 saturated heterocycles. The summed E-state index contributed by atoms with van der Waals surface area (Å²) in [5.41, 5.74) is 8.04. The second kappa shape index (κ2) is 11.0. The van der Waals surface area contributed by atoms with Gasteiger partial charge in [0.05, 0.1) is 0 Å². The maximum Gasteiger partial charge on any atom is 0.229 e. The van der Waals surface area contributed by atoms with Crippen LogP contribution in [0, 0.1) is 10.8 Å². The van der Waals surface area contributed by atoms with Gasteiger partial charge in [0.2, 0.25) is 11.8 Å². The van der Waals surface area contributed by atoms with Crippen molar-refractivity contribution in [2.75, 3.05) is 10.6 Å². The van der Waals surface area contributed by atoms with Crippen molar-refractivity contribution in [3.63, 3.8) is 0 Å². The molecule has 7 nitrogen and oxygen atoms in total. The van der Waals surface area contributed by atoms with Crippen LogP contribution in [0.2, 0.25) is 0 Å². The first-order valence-electron chi connectivity index (χ1n) is 14.2. The number of rotatable bonds is 2. The molecule has 218 valence electrons. The van der Waals surface area contributed by atoms with Crippen LogP contribution in [0.1, 0.15) is 68.6 Å². The summed E-state index contributed by atoms with van der Waals surface area (Å²) in [7, 11) is 0. The summed E-state index contributed by atoms with van der Waals surface area (Å²) >= 11 is 0. The van der Waals surface area contributed by atoms with Crippen LogP contribution < -0.4 is 10.6 Å². The molecule has 0 aliphatic heterocycles. The number of nitrogens with zero attached hydrogens (tertiary/aromatic N) is 1. The molecule has 6 rings (SSSR count). The number of carbonyl (C=O) groups excluding carboxylic acids is 3. The highest BCUT2D eigenvalue weighted by Crippen LogP contribution is 2.39. The number of hydrogen-bond donors (Lipinski definition) is 3. The Bertz CT molecular complexity index is 1810. The van der Waals surface area contributed by atoms with Gasteiger partial charge >= 0.3 is 0 Å². The van der Waals surface area contributed by atoms with Crippen molar-refractivity contribution in [3.8, 4) is 22.3 Å². The van der Waals surface area contributed by atoms with Crippen LogP contribution in [0.3, 0.4) is 0 Å². The van der Waals surface area contributed by atoms with Gasteiger partial charge in [-0.05, 0) is 46.5 Å². The monoisotopic (exact) mass is 573 g/mol. The molecular weight excluding hydrogens is 538 g/mol. The van der Waals surface area contributed by atoms with Gasteiger partial charge in [0.15, 0.2) is 5.78 Å². The minimum absolute atomic E-state index is 0.0208. The van der Waals surface area contributed by atoms with Crippen LogP contribution in [0.4, 0.5) is 11.4 Å². The Morgan fingerprint density at radius 1 is 0.558 bits per heavy atom. The summed E-state index contributed by atoms with van der Waals surface area (Å²) < 4.78 is 0. The topological polar surface area (TPSA) is 108 Å². The second-order valence-electron chi connectivity index (χ2n) is 12.8. The first kappa shape index (κ1) is 29.5. The number of benzene rings is 4. The molecule has 2 aliphatic rings. The van der Waals surface area contributed by atoms with E-state index < -0.39 is 10.8 Å². The maximum atomic E-state index is 12.4. The summed E-state index contributed by atoms with van der Waals surface area (Å²) in [5.74, 6) is -0.0942. The van der Waals surface area contributed by atoms with Crippen LogP contribution >= 0.6 is 0 Å². The van der Waals surface area contributed by atoms with E-state index in [4.69, 9.17) is 0 Å². The summed E-state index contributed by atoms with van der Waals surface area (Å²) in [6, 6.07) is 26.6. The van der Waals surface area contributed by atoms with Crippen molar-refractivity contribution in [1.82, 2.24) is 0 Å². The van der Waals surface area contributed by atoms with Crippen LogP contribution in [-0.2, 0) is 9.59 Å². The van der Waals surface area contributed by atoms with Gasteiger partial charge in [-0.25, -0.2) is 0 Å². The lowest BCUT2D eigenvalue weighted by molar-refractivity contribution is -0.123. The standard InChI is InChI=1S/C18H18N2O2.C18H17NO2/c1-18(2,3)17(21)19-11-8-9-13-12-6-4-5-7-14(12)16(20-22)15(13)10-11;1-18(2,3)17(21)19-11-8-9-13-12-6-4-5-7-14(12)16(20)15(13)10-11/h4-10,22H,1-3H3,(H,19,21);4-10H,1-3H3,(H,19,21)/b20-16-;. The molecule has 0 fully saturated rings. The maximum absolute atomic E-state index is 12.4. The smallest absolute Gasteiger partial charge is 0.229 e. The van der Waals surface area contributed by atoms with Crippen molar-refractivity contribution in [2.24, 2.45) is 16.0 Å². The van der Waals surface area contributed by atoms with E-state index in [9.17, 15) is 19.6 Å². The summed E-state index contributed by atoms with van der Waals surface area (Å²) in [5, 5.41) is 18.6. The fourth-order valence-corrected chi connectivity index (χ4v) is 4.97. The number of fused-ring (bicyclic) bond motifs is 6. The zero-order chi connectivity index (χ0) is 31.1. The molecule has 0 heterocycles. The number of amides is 2. The molecular formula is C36H35N3O4. The van der Waals surface area contributed by atoms with E-state index in [0.717, 1.165) is 38.9 Å². The minimum atomic E-state index is -0.466. The molecule has 0 unspecified atom stereocenters. The number of hydrogen-bond acceptors (Lipinski definition) is 5. The third-order valence-corrected chi connectivity index (χ3v) is 7.45. The molecule has 3 N–H and O–H groups in total. The Balaban J connectivity index is 0.000000171. The third kappa shape index (κ3) is 5.71. The molecule has 2 amide bonds. The number of anilines is 2. The highest BCUT2D eigenvalue weighted by Gasteiger charge is 2.28. The van der Waals surface area contributed by atoms with Gasteiger partial charge in [-0.1, -0.05) is 107 Å². The Morgan fingerprint density at radius 3 is 1.44 bits per heavy atom. The molecule has 4 aromatic carbocycles. The quantitative estimate of drug-likeness (QED) is 0.145. The fraction of sp³-hybridized carbons (Fsp3) is 0.222. The van der Waals surface area contributed by atoms with Crippen molar-refractivity contribution >= 4 is 34.7 Å². The van der Waals surface area contributed by atoms with Crippen molar-refractivity contribution in [2.45, 2.75) is 41.5 Å². The lowest BCUT2D eigenvalue weighted by Crippen LogP contribution is -2.27. The Hall–Kier alpha value is -5.04. The molecule has 0 spiro atoms. The van der Waals surface area contributed by atoms with Crippen LogP contribution in [0.15, 0.2) is 90.1 Å². The van der Waals surface area contributed by atoms with Crippen molar-refractivity contribution < 1.29 is 19.6 Å². The average Bonchev–Trinajstić information content (AvgIpc) is 3.43. The van der Waals surface area contributed by atoms with Crippen LogP contribution in [0.25, 0.3) is 22.3 Å². The molecule has 7 heteroatoms. The molecule has 43 heavy (non-hydrogen) atoms. The number of carbonyl (C=O) groups is 3. The van der Waals surface area contributed by atoms with Gasteiger partial charge in [0, 0.05) is 44.5 Å². The summed E-state index contributed by atoms with van der Waals surface area (Å²) in [6.07, 6.45) is 0. The van der Waals surface area contributed by atoms with Crippen LogP contribution in [0.5, 0.6) is 0 Å². The third-order valence-electron chi connectivity index (χ3n) is 7.45. The summed E-state index contributed by atoms with van der Waals surface area (Å²) in [4.78, 5) is 36.6. The van der Waals surface area contributed by atoms with Gasteiger partial charge in [0.1, 0.15) is 5.71 Å². The first-order valence-corrected chi connectivity index (χ1v) is 14.2. The molecule has 0 saturated carbocycles. The zero-order valence-corrected chi connectivity index (χ0v) is 25.2. The second-order valence-corrected chi connectivity index (χ2v) is 12.8. The highest BCUT2D eigenvalue weighted by atomic mass is 16.4. The van der Waals surface area contributed by atoms with Crippen LogP contribution in [-0.4, -0.2) is 28.5 Å². The number of oxime groups is 1. The number of nitrogens with one attached hydrogen (secondary N) is 2. The largest absolute Gasteiger partial charge is 0.410 e. The van der Waals surface area contributed by atoms with E-state index in [2.05, 4.69) is 15.8 Å².